The van der Waals surface area contributed by atoms with Crippen LogP contribution in [0, 0.1) is 5.92 Å². The topological polar surface area (TPSA) is 75.3 Å². The first-order valence-electron chi connectivity index (χ1n) is 7.93. The molecule has 0 aromatic heterocycles. The van der Waals surface area contributed by atoms with Crippen LogP contribution >= 0.6 is 0 Å². The number of ketones is 2. The van der Waals surface area contributed by atoms with Crippen LogP contribution in [0.3, 0.4) is 0 Å². The molecule has 124 valence electrons. The van der Waals surface area contributed by atoms with Crippen molar-refractivity contribution in [2.75, 3.05) is 5.32 Å². The average Bonchev–Trinajstić information content (AvgIpc) is 2.54. The lowest BCUT2D eigenvalue weighted by Crippen LogP contribution is -2.49. The standard InChI is InChI=1S/C19H20N2O3/c1-11(22)19(2,3)21-18(24)12-8-9-14-16(10-12)20-15-7-5-4-6-13(15)17(14)23/h4-10,14,16,20H,1-3H3,(H,21,24). The first-order chi connectivity index (χ1) is 11.3. The summed E-state index contributed by atoms with van der Waals surface area (Å²) in [6.07, 6.45) is 5.16. The number of hydrogen-bond acceptors (Lipinski definition) is 4. The van der Waals surface area contributed by atoms with E-state index in [-0.39, 0.29) is 29.4 Å². The van der Waals surface area contributed by atoms with Gasteiger partial charge in [-0.25, -0.2) is 0 Å². The largest absolute Gasteiger partial charge is 0.377 e. The summed E-state index contributed by atoms with van der Waals surface area (Å²) in [4.78, 5) is 36.6. The number of fused-ring (bicyclic) bond motifs is 2. The minimum Gasteiger partial charge on any atom is -0.377 e. The SMILES string of the molecule is CC(=O)C(C)(C)NC(=O)C1=CC2Nc3ccccc3C(=O)C2C=C1. The fraction of sp³-hybridized carbons (Fsp3) is 0.316. The number of amides is 1. The van der Waals surface area contributed by atoms with Crippen molar-refractivity contribution in [2.24, 2.45) is 5.92 Å². The van der Waals surface area contributed by atoms with Gasteiger partial charge in [-0.05, 0) is 39.0 Å². The van der Waals surface area contributed by atoms with E-state index in [4.69, 9.17) is 0 Å². The molecule has 2 aliphatic rings. The number of hydrogen-bond donors (Lipinski definition) is 2. The number of carbonyl (C=O) groups is 3. The summed E-state index contributed by atoms with van der Waals surface area (Å²) in [7, 11) is 0. The number of para-hydroxylation sites is 1. The molecule has 1 aromatic carbocycles. The number of carbonyl (C=O) groups excluding carboxylic acids is 3. The third kappa shape index (κ3) is 2.77. The highest BCUT2D eigenvalue weighted by molar-refractivity contribution is 6.07. The number of nitrogens with one attached hydrogen (secondary N) is 2. The minimum atomic E-state index is -0.926. The molecule has 1 heterocycles. The van der Waals surface area contributed by atoms with Gasteiger partial charge in [0, 0.05) is 16.8 Å². The van der Waals surface area contributed by atoms with Crippen LogP contribution in [0.2, 0.25) is 0 Å². The van der Waals surface area contributed by atoms with Gasteiger partial charge in [-0.2, -0.15) is 0 Å². The zero-order chi connectivity index (χ0) is 17.5. The molecule has 1 aliphatic carbocycles. The van der Waals surface area contributed by atoms with Crippen LogP contribution in [-0.4, -0.2) is 29.1 Å². The monoisotopic (exact) mass is 324 g/mol. The van der Waals surface area contributed by atoms with Crippen molar-refractivity contribution >= 4 is 23.2 Å². The molecule has 1 amide bonds. The Balaban J connectivity index is 1.84. The summed E-state index contributed by atoms with van der Waals surface area (Å²) in [6.45, 7) is 4.78. The Morgan fingerprint density at radius 2 is 1.92 bits per heavy atom. The summed E-state index contributed by atoms with van der Waals surface area (Å²) >= 11 is 0. The van der Waals surface area contributed by atoms with E-state index in [1.165, 1.54) is 6.92 Å². The maximum atomic E-state index is 12.6. The molecule has 0 spiro atoms. The van der Waals surface area contributed by atoms with Gasteiger partial charge in [-0.1, -0.05) is 24.3 Å². The Hall–Kier alpha value is -2.69. The second kappa shape index (κ2) is 5.74. The zero-order valence-corrected chi connectivity index (χ0v) is 13.9. The fourth-order valence-electron chi connectivity index (χ4n) is 2.84. The van der Waals surface area contributed by atoms with Crippen molar-refractivity contribution in [3.8, 4) is 0 Å². The van der Waals surface area contributed by atoms with Crippen molar-refractivity contribution < 1.29 is 14.4 Å². The summed E-state index contributed by atoms with van der Waals surface area (Å²) in [5, 5.41) is 6.03. The van der Waals surface area contributed by atoms with Crippen LogP contribution in [0.1, 0.15) is 31.1 Å². The fourth-order valence-corrected chi connectivity index (χ4v) is 2.84. The quantitative estimate of drug-likeness (QED) is 0.894. The highest BCUT2D eigenvalue weighted by atomic mass is 16.2. The molecule has 0 bridgehead atoms. The predicted octanol–water partition coefficient (Wildman–Crippen LogP) is 2.26. The van der Waals surface area contributed by atoms with E-state index >= 15 is 0 Å². The van der Waals surface area contributed by atoms with Crippen LogP contribution in [0.4, 0.5) is 5.69 Å². The van der Waals surface area contributed by atoms with Crippen LogP contribution in [0.25, 0.3) is 0 Å². The predicted molar refractivity (Wildman–Crippen MR) is 91.8 cm³/mol. The smallest absolute Gasteiger partial charge is 0.251 e. The number of rotatable bonds is 3. The molecule has 1 aromatic rings. The lowest BCUT2D eigenvalue weighted by molar-refractivity contribution is -0.127. The van der Waals surface area contributed by atoms with E-state index in [1.807, 2.05) is 18.2 Å². The van der Waals surface area contributed by atoms with E-state index in [2.05, 4.69) is 10.6 Å². The van der Waals surface area contributed by atoms with Gasteiger partial charge in [0.25, 0.3) is 5.91 Å². The highest BCUT2D eigenvalue weighted by Crippen LogP contribution is 2.32. The van der Waals surface area contributed by atoms with E-state index in [9.17, 15) is 14.4 Å². The molecule has 1 aliphatic heterocycles. The Labute approximate surface area is 140 Å². The molecule has 5 heteroatoms. The van der Waals surface area contributed by atoms with Gasteiger partial charge in [0.1, 0.15) is 0 Å². The second-order valence-electron chi connectivity index (χ2n) is 6.72. The average molecular weight is 324 g/mol. The second-order valence-corrected chi connectivity index (χ2v) is 6.72. The van der Waals surface area contributed by atoms with Gasteiger partial charge in [0.15, 0.2) is 11.6 Å². The summed E-state index contributed by atoms with van der Waals surface area (Å²) in [5.41, 5.74) is 0.970. The van der Waals surface area contributed by atoms with Gasteiger partial charge in [0.2, 0.25) is 0 Å². The molecule has 0 saturated heterocycles. The third-order valence-electron chi connectivity index (χ3n) is 4.61. The maximum Gasteiger partial charge on any atom is 0.251 e. The molecule has 0 fully saturated rings. The van der Waals surface area contributed by atoms with Crippen LogP contribution < -0.4 is 10.6 Å². The zero-order valence-electron chi connectivity index (χ0n) is 13.9. The van der Waals surface area contributed by atoms with Crippen molar-refractivity contribution in [2.45, 2.75) is 32.4 Å². The van der Waals surface area contributed by atoms with Crippen molar-refractivity contribution in [1.82, 2.24) is 5.32 Å². The van der Waals surface area contributed by atoms with Gasteiger partial charge in [-0.15, -0.1) is 0 Å². The Morgan fingerprint density at radius 1 is 1.21 bits per heavy atom. The normalized spacial score (nSPS) is 22.0. The summed E-state index contributed by atoms with van der Waals surface area (Å²) in [6, 6.07) is 7.09. The lowest BCUT2D eigenvalue weighted by Gasteiger charge is -2.33. The molecule has 3 rings (SSSR count). The van der Waals surface area contributed by atoms with Gasteiger partial charge >= 0.3 is 0 Å². The van der Waals surface area contributed by atoms with Crippen molar-refractivity contribution in [3.05, 3.63) is 53.6 Å². The Bertz CT molecular complexity index is 790. The Kier molecular flexibility index (Phi) is 3.87. The van der Waals surface area contributed by atoms with Crippen LogP contribution in [0.15, 0.2) is 48.1 Å². The molecule has 5 nitrogen and oxygen atoms in total. The van der Waals surface area contributed by atoms with Gasteiger partial charge < -0.3 is 10.6 Å². The van der Waals surface area contributed by atoms with Crippen LogP contribution in [0.5, 0.6) is 0 Å². The maximum absolute atomic E-state index is 12.6. The molecule has 2 N–H and O–H groups in total. The van der Waals surface area contributed by atoms with E-state index in [0.717, 1.165) is 5.69 Å². The molecular weight excluding hydrogens is 304 g/mol. The van der Waals surface area contributed by atoms with Gasteiger partial charge in [0.05, 0.1) is 17.5 Å². The van der Waals surface area contributed by atoms with Crippen molar-refractivity contribution in [1.29, 1.82) is 0 Å². The summed E-state index contributed by atoms with van der Waals surface area (Å²) in [5.74, 6) is -0.713. The first kappa shape index (κ1) is 16.2. The number of benzene rings is 1. The highest BCUT2D eigenvalue weighted by Gasteiger charge is 2.35. The number of anilines is 1. The van der Waals surface area contributed by atoms with E-state index in [0.29, 0.717) is 11.1 Å². The van der Waals surface area contributed by atoms with E-state index < -0.39 is 5.54 Å². The van der Waals surface area contributed by atoms with E-state index in [1.54, 1.807) is 38.1 Å². The molecule has 2 unspecified atom stereocenters. The summed E-state index contributed by atoms with van der Waals surface area (Å²) < 4.78 is 0. The molecule has 24 heavy (non-hydrogen) atoms. The molecular formula is C19H20N2O3. The first-order valence-corrected chi connectivity index (χ1v) is 7.93. The third-order valence-corrected chi connectivity index (χ3v) is 4.61. The minimum absolute atomic E-state index is 0.0466. The molecule has 0 radical (unpaired) electrons. The number of Topliss-reactive ketones (excluding diaryl/α,β-unsaturated/α-hetero) is 2. The molecule has 0 saturated carbocycles. The van der Waals surface area contributed by atoms with Crippen molar-refractivity contribution in [3.63, 3.8) is 0 Å². The van der Waals surface area contributed by atoms with Gasteiger partial charge in [-0.3, -0.25) is 14.4 Å². The van der Waals surface area contributed by atoms with Crippen LogP contribution in [-0.2, 0) is 9.59 Å². The lowest BCUT2D eigenvalue weighted by atomic mass is 9.81. The Morgan fingerprint density at radius 3 is 2.62 bits per heavy atom. The molecule has 2 atom stereocenters.